The summed E-state index contributed by atoms with van der Waals surface area (Å²) in [5, 5.41) is 1.05. The molecule has 0 atom stereocenters. The first-order valence-corrected chi connectivity index (χ1v) is 5.91. The highest BCUT2D eigenvalue weighted by Crippen LogP contribution is 2.29. The van der Waals surface area contributed by atoms with Gasteiger partial charge in [0.05, 0.1) is 7.11 Å². The van der Waals surface area contributed by atoms with Gasteiger partial charge in [-0.2, -0.15) is 0 Å². The van der Waals surface area contributed by atoms with Crippen molar-refractivity contribution in [1.29, 1.82) is 0 Å². The van der Waals surface area contributed by atoms with Gasteiger partial charge in [0.15, 0.2) is 11.6 Å². The van der Waals surface area contributed by atoms with Crippen molar-refractivity contribution in [1.82, 2.24) is 9.55 Å². The number of nitrogens with zero attached hydrogens (tertiary/aromatic N) is 2. The average Bonchev–Trinajstić information content (AvgIpc) is 3.03. The SMILES string of the molecule is CCn1ccnc1-c1cc2ccc(OC)cc2o1. The number of ether oxygens (including phenoxy) is 1. The summed E-state index contributed by atoms with van der Waals surface area (Å²) in [5.74, 6) is 2.43. The number of aromatic nitrogens is 2. The Morgan fingerprint density at radius 3 is 3.00 bits per heavy atom. The maximum absolute atomic E-state index is 5.83. The van der Waals surface area contributed by atoms with E-state index in [-0.39, 0.29) is 0 Å². The molecular weight excluding hydrogens is 228 g/mol. The molecule has 4 heteroatoms. The highest BCUT2D eigenvalue weighted by Gasteiger charge is 2.11. The molecule has 0 spiro atoms. The molecule has 0 aliphatic rings. The van der Waals surface area contributed by atoms with E-state index >= 15 is 0 Å². The number of benzene rings is 1. The largest absolute Gasteiger partial charge is 0.497 e. The molecule has 1 aromatic carbocycles. The summed E-state index contributed by atoms with van der Waals surface area (Å²) in [5.41, 5.74) is 0.815. The lowest BCUT2D eigenvalue weighted by Crippen LogP contribution is -1.94. The Balaban J connectivity index is 2.13. The van der Waals surface area contributed by atoms with Crippen molar-refractivity contribution in [2.45, 2.75) is 13.5 Å². The van der Waals surface area contributed by atoms with E-state index in [4.69, 9.17) is 9.15 Å². The van der Waals surface area contributed by atoms with Gasteiger partial charge in [0.2, 0.25) is 0 Å². The number of furan rings is 1. The fourth-order valence-electron chi connectivity index (χ4n) is 2.04. The smallest absolute Gasteiger partial charge is 0.176 e. The number of rotatable bonds is 3. The Labute approximate surface area is 105 Å². The lowest BCUT2D eigenvalue weighted by Gasteiger charge is -2.00. The molecule has 4 nitrogen and oxygen atoms in total. The van der Waals surface area contributed by atoms with Gasteiger partial charge in [0, 0.05) is 30.4 Å². The Hall–Kier alpha value is -2.23. The molecule has 0 amide bonds. The van der Waals surface area contributed by atoms with Crippen molar-refractivity contribution in [3.63, 3.8) is 0 Å². The van der Waals surface area contributed by atoms with Crippen LogP contribution in [0.4, 0.5) is 0 Å². The molecule has 0 bridgehead atoms. The molecule has 92 valence electrons. The minimum absolute atomic E-state index is 0.783. The molecule has 0 fully saturated rings. The van der Waals surface area contributed by atoms with E-state index in [1.54, 1.807) is 13.3 Å². The third kappa shape index (κ3) is 1.66. The zero-order valence-corrected chi connectivity index (χ0v) is 10.4. The Morgan fingerprint density at radius 2 is 2.22 bits per heavy atom. The van der Waals surface area contributed by atoms with Crippen molar-refractivity contribution in [3.8, 4) is 17.3 Å². The molecule has 0 saturated heterocycles. The van der Waals surface area contributed by atoms with Gasteiger partial charge in [-0.25, -0.2) is 4.98 Å². The van der Waals surface area contributed by atoms with Gasteiger partial charge < -0.3 is 13.7 Å². The van der Waals surface area contributed by atoms with Gasteiger partial charge in [-0.1, -0.05) is 0 Å². The maximum atomic E-state index is 5.83. The Kier molecular flexibility index (Phi) is 2.55. The van der Waals surface area contributed by atoms with Gasteiger partial charge in [-0.3, -0.25) is 0 Å². The zero-order valence-electron chi connectivity index (χ0n) is 10.4. The molecule has 18 heavy (non-hydrogen) atoms. The van der Waals surface area contributed by atoms with Crippen LogP contribution in [0.2, 0.25) is 0 Å². The van der Waals surface area contributed by atoms with E-state index in [1.165, 1.54) is 0 Å². The van der Waals surface area contributed by atoms with E-state index in [0.29, 0.717) is 0 Å². The van der Waals surface area contributed by atoms with Crippen LogP contribution in [0.25, 0.3) is 22.6 Å². The first-order chi connectivity index (χ1) is 8.81. The summed E-state index contributed by atoms with van der Waals surface area (Å²) in [6.07, 6.45) is 3.73. The second kappa shape index (κ2) is 4.22. The summed E-state index contributed by atoms with van der Waals surface area (Å²) in [6, 6.07) is 7.80. The number of hydrogen-bond acceptors (Lipinski definition) is 3. The number of methoxy groups -OCH3 is 1. The van der Waals surface area contributed by atoms with Crippen LogP contribution < -0.4 is 4.74 Å². The van der Waals surface area contributed by atoms with Crippen molar-refractivity contribution >= 4 is 11.0 Å². The Bertz CT molecular complexity index is 682. The van der Waals surface area contributed by atoms with E-state index < -0.39 is 0 Å². The van der Waals surface area contributed by atoms with Crippen molar-refractivity contribution in [3.05, 3.63) is 36.7 Å². The lowest BCUT2D eigenvalue weighted by molar-refractivity contribution is 0.414. The second-order valence-corrected chi connectivity index (χ2v) is 4.05. The lowest BCUT2D eigenvalue weighted by atomic mass is 10.2. The van der Waals surface area contributed by atoms with Crippen molar-refractivity contribution in [2.24, 2.45) is 0 Å². The molecule has 2 aromatic heterocycles. The minimum Gasteiger partial charge on any atom is -0.497 e. The third-order valence-electron chi connectivity index (χ3n) is 3.00. The van der Waals surface area contributed by atoms with Crippen molar-refractivity contribution in [2.75, 3.05) is 7.11 Å². The first-order valence-electron chi connectivity index (χ1n) is 5.91. The van der Waals surface area contributed by atoms with Crippen LogP contribution in [-0.2, 0) is 6.54 Å². The molecule has 0 saturated carbocycles. The van der Waals surface area contributed by atoms with Crippen LogP contribution in [-0.4, -0.2) is 16.7 Å². The number of aryl methyl sites for hydroxylation is 1. The molecule has 0 N–H and O–H groups in total. The molecule has 3 aromatic rings. The van der Waals surface area contributed by atoms with Gasteiger partial charge >= 0.3 is 0 Å². The first kappa shape index (κ1) is 10.9. The van der Waals surface area contributed by atoms with E-state index in [9.17, 15) is 0 Å². The fraction of sp³-hybridized carbons (Fsp3) is 0.214. The molecule has 0 aliphatic heterocycles. The summed E-state index contributed by atoms with van der Waals surface area (Å²) >= 11 is 0. The highest BCUT2D eigenvalue weighted by molar-refractivity contribution is 5.83. The Morgan fingerprint density at radius 1 is 1.33 bits per heavy atom. The third-order valence-corrected chi connectivity index (χ3v) is 3.00. The van der Waals surface area contributed by atoms with Gasteiger partial charge in [0.25, 0.3) is 0 Å². The minimum atomic E-state index is 0.783. The molecule has 0 radical (unpaired) electrons. The standard InChI is InChI=1S/C14H14N2O2/c1-3-16-7-6-15-14(16)13-8-10-4-5-11(17-2)9-12(10)18-13/h4-9H,3H2,1-2H3. The van der Waals surface area contributed by atoms with Crippen LogP contribution in [0, 0.1) is 0 Å². The quantitative estimate of drug-likeness (QED) is 0.707. The number of fused-ring (bicyclic) bond motifs is 1. The molecule has 2 heterocycles. The summed E-state index contributed by atoms with van der Waals surface area (Å²) < 4.78 is 13.1. The van der Waals surface area contributed by atoms with Crippen molar-refractivity contribution < 1.29 is 9.15 Å². The second-order valence-electron chi connectivity index (χ2n) is 4.05. The van der Waals surface area contributed by atoms with Crippen LogP contribution in [0.15, 0.2) is 41.1 Å². The fourth-order valence-corrected chi connectivity index (χ4v) is 2.04. The van der Waals surface area contributed by atoms with E-state index in [1.807, 2.05) is 30.5 Å². The monoisotopic (exact) mass is 242 g/mol. The predicted molar refractivity (Wildman–Crippen MR) is 69.7 cm³/mol. The summed E-state index contributed by atoms with van der Waals surface area (Å²) in [7, 11) is 1.65. The molecule has 3 rings (SSSR count). The molecule has 0 unspecified atom stereocenters. The van der Waals surface area contributed by atoms with E-state index in [2.05, 4.69) is 16.5 Å². The van der Waals surface area contributed by atoms with Crippen LogP contribution in [0.1, 0.15) is 6.92 Å². The topological polar surface area (TPSA) is 40.2 Å². The summed E-state index contributed by atoms with van der Waals surface area (Å²) in [6.45, 7) is 2.95. The average molecular weight is 242 g/mol. The summed E-state index contributed by atoms with van der Waals surface area (Å²) in [4.78, 5) is 4.33. The van der Waals surface area contributed by atoms with Gasteiger partial charge in [0.1, 0.15) is 11.3 Å². The van der Waals surface area contributed by atoms with E-state index in [0.717, 1.165) is 34.8 Å². The van der Waals surface area contributed by atoms with Crippen LogP contribution >= 0.6 is 0 Å². The van der Waals surface area contributed by atoms with Gasteiger partial charge in [-0.05, 0) is 25.1 Å². The van der Waals surface area contributed by atoms with Crippen LogP contribution in [0.5, 0.6) is 5.75 Å². The highest BCUT2D eigenvalue weighted by atomic mass is 16.5. The van der Waals surface area contributed by atoms with Gasteiger partial charge in [-0.15, -0.1) is 0 Å². The number of hydrogen-bond donors (Lipinski definition) is 0. The maximum Gasteiger partial charge on any atom is 0.176 e. The molecular formula is C14H14N2O2. The van der Waals surface area contributed by atoms with Crippen LogP contribution in [0.3, 0.4) is 0 Å². The normalized spacial score (nSPS) is 11.0. The number of imidazole rings is 1. The zero-order chi connectivity index (χ0) is 12.5. The molecule has 0 aliphatic carbocycles. The predicted octanol–water partition coefficient (Wildman–Crippen LogP) is 3.32.